The Bertz CT molecular complexity index is 916. The van der Waals surface area contributed by atoms with Gasteiger partial charge in [-0.25, -0.2) is 0 Å². The smallest absolute Gasteiger partial charge is 0.152 e. The third-order valence-electron chi connectivity index (χ3n) is 5.46. The molecule has 0 amide bonds. The van der Waals surface area contributed by atoms with Crippen molar-refractivity contribution in [2.75, 3.05) is 0 Å². The summed E-state index contributed by atoms with van der Waals surface area (Å²) in [7, 11) is 0. The molecular formula is C27H29NO. The zero-order valence-electron chi connectivity index (χ0n) is 17.1. The molecule has 1 atom stereocenters. The van der Waals surface area contributed by atoms with Crippen molar-refractivity contribution in [1.82, 2.24) is 5.06 Å². The van der Waals surface area contributed by atoms with Crippen LogP contribution in [-0.2, 0) is 17.8 Å². The summed E-state index contributed by atoms with van der Waals surface area (Å²) in [6, 6.07) is 30.1. The van der Waals surface area contributed by atoms with Gasteiger partial charge >= 0.3 is 0 Å². The van der Waals surface area contributed by atoms with Crippen molar-refractivity contribution in [3.63, 3.8) is 0 Å². The summed E-state index contributed by atoms with van der Waals surface area (Å²) >= 11 is 0. The summed E-state index contributed by atoms with van der Waals surface area (Å²) < 4.78 is 0. The van der Waals surface area contributed by atoms with Crippen molar-refractivity contribution >= 4 is 5.76 Å². The summed E-state index contributed by atoms with van der Waals surface area (Å²) in [6.45, 7) is 2.99. The van der Waals surface area contributed by atoms with Crippen molar-refractivity contribution in [3.05, 3.63) is 113 Å². The van der Waals surface area contributed by atoms with E-state index in [9.17, 15) is 0 Å². The van der Waals surface area contributed by atoms with Crippen LogP contribution in [0.15, 0.2) is 91.0 Å². The number of nitrogens with zero attached hydrogens (tertiary/aromatic N) is 1. The highest BCUT2D eigenvalue weighted by Crippen LogP contribution is 2.36. The fourth-order valence-corrected chi connectivity index (χ4v) is 3.81. The highest BCUT2D eigenvalue weighted by Gasteiger charge is 2.29. The van der Waals surface area contributed by atoms with Crippen LogP contribution in [0.3, 0.4) is 0 Å². The zero-order chi connectivity index (χ0) is 19.9. The van der Waals surface area contributed by atoms with Gasteiger partial charge in [-0.05, 0) is 35.6 Å². The van der Waals surface area contributed by atoms with Crippen molar-refractivity contribution in [3.8, 4) is 0 Å². The van der Waals surface area contributed by atoms with Crippen molar-refractivity contribution in [1.29, 1.82) is 0 Å². The average molecular weight is 384 g/mol. The van der Waals surface area contributed by atoms with Crippen LogP contribution in [-0.4, -0.2) is 5.06 Å². The number of hydrogen-bond donors (Lipinski definition) is 0. The van der Waals surface area contributed by atoms with E-state index in [4.69, 9.17) is 4.84 Å². The second-order valence-electron chi connectivity index (χ2n) is 7.69. The summed E-state index contributed by atoms with van der Waals surface area (Å²) in [4.78, 5) is 6.35. The second kappa shape index (κ2) is 9.58. The Morgan fingerprint density at radius 1 is 0.759 bits per heavy atom. The molecule has 0 radical (unpaired) electrons. The lowest BCUT2D eigenvalue weighted by Gasteiger charge is -2.23. The third-order valence-corrected chi connectivity index (χ3v) is 5.46. The first-order valence-corrected chi connectivity index (χ1v) is 10.7. The van der Waals surface area contributed by atoms with Gasteiger partial charge in [0.25, 0.3) is 0 Å². The van der Waals surface area contributed by atoms with E-state index in [0.717, 1.165) is 24.3 Å². The highest BCUT2D eigenvalue weighted by molar-refractivity contribution is 5.62. The normalized spacial score (nSPS) is 16.4. The van der Waals surface area contributed by atoms with E-state index in [0.29, 0.717) is 0 Å². The largest absolute Gasteiger partial charge is 0.404 e. The first-order valence-electron chi connectivity index (χ1n) is 10.7. The van der Waals surface area contributed by atoms with Gasteiger partial charge in [0, 0.05) is 5.56 Å². The van der Waals surface area contributed by atoms with Gasteiger partial charge in [0.05, 0.1) is 12.6 Å². The Kier molecular flexibility index (Phi) is 6.43. The van der Waals surface area contributed by atoms with Crippen LogP contribution in [0.2, 0.25) is 0 Å². The Morgan fingerprint density at radius 2 is 1.45 bits per heavy atom. The standard InChI is InChI=1S/C27H29NO/c1-2-3-6-11-22-16-18-25(19-17-22)27-20-26(24-14-9-5-10-15-24)28(29-27)21-23-12-7-4-8-13-23/h4-5,7-10,12-20,26H,2-3,6,11,21H2,1H3. The van der Waals surface area contributed by atoms with E-state index in [1.54, 1.807) is 0 Å². The van der Waals surface area contributed by atoms with Gasteiger partial charge in [-0.15, -0.1) is 5.06 Å². The van der Waals surface area contributed by atoms with Gasteiger partial charge in [-0.3, -0.25) is 0 Å². The quantitative estimate of drug-likeness (QED) is 0.390. The van der Waals surface area contributed by atoms with Gasteiger partial charge < -0.3 is 4.84 Å². The fourth-order valence-electron chi connectivity index (χ4n) is 3.81. The Hall–Kier alpha value is -2.84. The summed E-state index contributed by atoms with van der Waals surface area (Å²) in [5.74, 6) is 0.940. The molecule has 0 saturated heterocycles. The molecule has 0 spiro atoms. The maximum atomic E-state index is 6.35. The molecule has 0 N–H and O–H groups in total. The minimum absolute atomic E-state index is 0.107. The molecule has 0 aliphatic carbocycles. The van der Waals surface area contributed by atoms with Gasteiger partial charge in [0.1, 0.15) is 0 Å². The number of hydroxylamine groups is 2. The molecule has 1 unspecified atom stereocenters. The van der Waals surface area contributed by atoms with Crippen LogP contribution in [0, 0.1) is 0 Å². The van der Waals surface area contributed by atoms with E-state index in [1.807, 2.05) is 0 Å². The maximum absolute atomic E-state index is 6.35. The van der Waals surface area contributed by atoms with E-state index >= 15 is 0 Å². The van der Waals surface area contributed by atoms with Crippen LogP contribution >= 0.6 is 0 Å². The molecular weight excluding hydrogens is 354 g/mol. The van der Waals surface area contributed by atoms with Crippen LogP contribution in [0.25, 0.3) is 5.76 Å². The van der Waals surface area contributed by atoms with Crippen molar-refractivity contribution in [2.45, 2.75) is 45.2 Å². The molecule has 0 bridgehead atoms. The number of hydrogen-bond acceptors (Lipinski definition) is 2. The van der Waals surface area contributed by atoms with Gasteiger partial charge in [0.2, 0.25) is 0 Å². The Labute approximate surface area is 174 Å². The van der Waals surface area contributed by atoms with E-state index in [2.05, 4.69) is 103 Å². The fraction of sp³-hybridized carbons (Fsp3) is 0.259. The molecule has 1 aliphatic heterocycles. The molecule has 2 nitrogen and oxygen atoms in total. The van der Waals surface area contributed by atoms with Crippen molar-refractivity contribution in [2.24, 2.45) is 0 Å². The average Bonchev–Trinajstić information content (AvgIpc) is 3.19. The predicted molar refractivity (Wildman–Crippen MR) is 120 cm³/mol. The molecule has 3 aromatic carbocycles. The Balaban J connectivity index is 1.54. The molecule has 29 heavy (non-hydrogen) atoms. The number of aryl methyl sites for hydroxylation is 1. The van der Waals surface area contributed by atoms with Gasteiger partial charge in [0.15, 0.2) is 5.76 Å². The van der Waals surface area contributed by atoms with E-state index in [1.165, 1.54) is 36.0 Å². The summed E-state index contributed by atoms with van der Waals surface area (Å²) in [5, 5.41) is 2.08. The number of rotatable bonds is 8. The second-order valence-corrected chi connectivity index (χ2v) is 7.69. The lowest BCUT2D eigenvalue weighted by Crippen LogP contribution is -2.22. The summed E-state index contributed by atoms with van der Waals surface area (Å²) in [5.41, 5.74) is 5.03. The van der Waals surface area contributed by atoms with Gasteiger partial charge in [-0.1, -0.05) is 105 Å². The molecule has 0 aromatic heterocycles. The molecule has 2 heteroatoms. The maximum Gasteiger partial charge on any atom is 0.152 e. The monoisotopic (exact) mass is 383 g/mol. The first kappa shape index (κ1) is 19.5. The number of benzene rings is 3. The molecule has 1 heterocycles. The SMILES string of the molecule is CCCCCc1ccc(C2=CC(c3ccccc3)N(Cc3ccccc3)O2)cc1. The zero-order valence-corrected chi connectivity index (χ0v) is 17.1. The molecule has 0 fully saturated rings. The summed E-state index contributed by atoms with van der Waals surface area (Å²) in [6.07, 6.45) is 7.21. The van der Waals surface area contributed by atoms with Crippen LogP contribution < -0.4 is 0 Å². The van der Waals surface area contributed by atoms with E-state index in [-0.39, 0.29) is 6.04 Å². The predicted octanol–water partition coefficient (Wildman–Crippen LogP) is 6.95. The topological polar surface area (TPSA) is 12.5 Å². The Morgan fingerprint density at radius 3 is 2.14 bits per heavy atom. The lowest BCUT2D eigenvalue weighted by atomic mass is 10.0. The molecule has 1 aliphatic rings. The third kappa shape index (κ3) is 4.96. The lowest BCUT2D eigenvalue weighted by molar-refractivity contribution is -0.101. The highest BCUT2D eigenvalue weighted by atomic mass is 16.7. The van der Waals surface area contributed by atoms with Crippen LogP contribution in [0.4, 0.5) is 0 Å². The first-order chi connectivity index (χ1) is 14.3. The molecule has 0 saturated carbocycles. The van der Waals surface area contributed by atoms with Crippen LogP contribution in [0.5, 0.6) is 0 Å². The molecule has 3 aromatic rings. The minimum atomic E-state index is 0.107. The minimum Gasteiger partial charge on any atom is -0.404 e. The van der Waals surface area contributed by atoms with Crippen LogP contribution in [0.1, 0.15) is 54.5 Å². The van der Waals surface area contributed by atoms with Crippen molar-refractivity contribution < 1.29 is 4.84 Å². The van der Waals surface area contributed by atoms with E-state index < -0.39 is 0 Å². The van der Waals surface area contributed by atoms with Gasteiger partial charge in [-0.2, -0.15) is 0 Å². The number of unbranched alkanes of at least 4 members (excludes halogenated alkanes) is 2. The molecule has 4 rings (SSSR count). The molecule has 148 valence electrons.